The molecule has 2 aromatic rings. The highest BCUT2D eigenvalue weighted by atomic mass is 32.2. The molecule has 0 fully saturated rings. The molecule has 0 aliphatic carbocycles. The zero-order chi connectivity index (χ0) is 27.5. The number of nitrogens with zero attached hydrogens (tertiary/aromatic N) is 2. The molecule has 204 valence electrons. The molecule has 1 heterocycles. The van der Waals surface area contributed by atoms with Crippen molar-refractivity contribution in [3.8, 4) is 5.75 Å². The lowest BCUT2D eigenvalue weighted by molar-refractivity contribution is -0.134. The molecular formula is C25H35N3O7S2. The van der Waals surface area contributed by atoms with Gasteiger partial charge in [0.1, 0.15) is 11.9 Å². The number of nitrogens with one attached hydrogen (secondary N) is 1. The van der Waals surface area contributed by atoms with Crippen LogP contribution in [0, 0.1) is 12.8 Å². The van der Waals surface area contributed by atoms with Gasteiger partial charge in [0.15, 0.2) is 0 Å². The van der Waals surface area contributed by atoms with E-state index >= 15 is 0 Å². The summed E-state index contributed by atoms with van der Waals surface area (Å²) in [5.74, 6) is -0.161. The SMILES string of the molecule is Cc1ccc(S(=O)(=O)Nc2ccc3c(c2)CC(=O)N([C@@H](C)CO)C[C@@H](C)[C@@H](CN(C)S(C)(=O)=O)O3)cc1. The van der Waals surface area contributed by atoms with Gasteiger partial charge >= 0.3 is 0 Å². The van der Waals surface area contributed by atoms with Crippen LogP contribution in [0.4, 0.5) is 5.69 Å². The Bertz CT molecular complexity index is 1330. The first-order valence-electron chi connectivity index (χ1n) is 11.9. The van der Waals surface area contributed by atoms with Gasteiger partial charge in [-0.15, -0.1) is 0 Å². The molecule has 0 saturated carbocycles. The summed E-state index contributed by atoms with van der Waals surface area (Å²) in [7, 11) is -5.89. The summed E-state index contributed by atoms with van der Waals surface area (Å²) in [6.45, 7) is 5.52. The molecule has 12 heteroatoms. The third kappa shape index (κ3) is 7.22. The highest BCUT2D eigenvalue weighted by Crippen LogP contribution is 2.30. The molecule has 2 aromatic carbocycles. The molecule has 1 aliphatic heterocycles. The Morgan fingerprint density at radius 1 is 1.16 bits per heavy atom. The summed E-state index contributed by atoms with van der Waals surface area (Å²) in [6.07, 6.45) is 0.422. The van der Waals surface area contributed by atoms with E-state index in [0.29, 0.717) is 11.3 Å². The lowest BCUT2D eigenvalue weighted by atomic mass is 10.0. The van der Waals surface area contributed by atoms with Crippen LogP contribution in [0.15, 0.2) is 47.4 Å². The van der Waals surface area contributed by atoms with E-state index in [-0.39, 0.29) is 48.5 Å². The third-order valence-corrected chi connectivity index (χ3v) is 9.18. The zero-order valence-corrected chi connectivity index (χ0v) is 23.3. The molecule has 0 spiro atoms. The van der Waals surface area contributed by atoms with Crippen LogP contribution in [0.25, 0.3) is 0 Å². The molecule has 2 N–H and O–H groups in total. The molecule has 3 rings (SSSR count). The van der Waals surface area contributed by atoms with Crippen LogP contribution < -0.4 is 9.46 Å². The first kappa shape index (κ1) is 28.9. The maximum absolute atomic E-state index is 13.3. The van der Waals surface area contributed by atoms with Gasteiger partial charge in [-0.05, 0) is 44.2 Å². The maximum atomic E-state index is 13.3. The van der Waals surface area contributed by atoms with Crippen LogP contribution in [0.1, 0.15) is 25.0 Å². The number of carbonyl (C=O) groups excluding carboxylic acids is 1. The van der Waals surface area contributed by atoms with Gasteiger partial charge in [0, 0.05) is 30.8 Å². The van der Waals surface area contributed by atoms with Crippen LogP contribution in [0.3, 0.4) is 0 Å². The quantitative estimate of drug-likeness (QED) is 0.510. The second-order valence-corrected chi connectivity index (χ2v) is 13.4. The van der Waals surface area contributed by atoms with Crippen LogP contribution in [0.5, 0.6) is 5.75 Å². The highest BCUT2D eigenvalue weighted by molar-refractivity contribution is 7.92. The average molecular weight is 554 g/mol. The Morgan fingerprint density at radius 3 is 2.41 bits per heavy atom. The fourth-order valence-electron chi connectivity index (χ4n) is 4.03. The lowest BCUT2D eigenvalue weighted by Crippen LogP contribution is -2.48. The van der Waals surface area contributed by atoms with Crippen molar-refractivity contribution >= 4 is 31.6 Å². The van der Waals surface area contributed by atoms with E-state index in [0.717, 1.165) is 11.8 Å². The number of sulfonamides is 2. The Morgan fingerprint density at radius 2 is 1.81 bits per heavy atom. The molecular weight excluding hydrogens is 518 g/mol. The average Bonchev–Trinajstić information content (AvgIpc) is 2.86. The Labute approximate surface area is 219 Å². The fourth-order valence-corrected chi connectivity index (χ4v) is 5.50. The van der Waals surface area contributed by atoms with Gasteiger partial charge in [-0.2, -0.15) is 0 Å². The topological polar surface area (TPSA) is 133 Å². The number of aliphatic hydroxyl groups excluding tert-OH is 1. The van der Waals surface area contributed by atoms with Crippen molar-refractivity contribution in [2.24, 2.45) is 5.92 Å². The fraction of sp³-hybridized carbons (Fsp3) is 0.480. The minimum atomic E-state index is -3.87. The Hall–Kier alpha value is -2.67. The minimum Gasteiger partial charge on any atom is -0.488 e. The van der Waals surface area contributed by atoms with Crippen molar-refractivity contribution in [3.63, 3.8) is 0 Å². The Kier molecular flexibility index (Phi) is 8.89. The number of ether oxygens (including phenoxy) is 1. The van der Waals surface area contributed by atoms with Crippen LogP contribution in [-0.4, -0.2) is 82.2 Å². The number of likely N-dealkylation sites (N-methyl/N-ethyl adjacent to an activating group) is 1. The van der Waals surface area contributed by atoms with Crippen molar-refractivity contribution in [3.05, 3.63) is 53.6 Å². The number of rotatable bonds is 8. The molecule has 1 amide bonds. The first-order chi connectivity index (χ1) is 17.2. The van der Waals surface area contributed by atoms with Crippen molar-refractivity contribution < 1.29 is 31.5 Å². The van der Waals surface area contributed by atoms with Gasteiger partial charge in [-0.1, -0.05) is 24.6 Å². The largest absolute Gasteiger partial charge is 0.488 e. The number of hydrogen-bond acceptors (Lipinski definition) is 7. The minimum absolute atomic E-state index is 0.0524. The van der Waals surface area contributed by atoms with Crippen LogP contribution >= 0.6 is 0 Å². The lowest BCUT2D eigenvalue weighted by Gasteiger charge is -2.33. The molecule has 0 radical (unpaired) electrons. The molecule has 1 aliphatic rings. The molecule has 37 heavy (non-hydrogen) atoms. The molecule has 10 nitrogen and oxygen atoms in total. The number of hydrogen-bond donors (Lipinski definition) is 2. The molecule has 0 aromatic heterocycles. The third-order valence-electron chi connectivity index (χ3n) is 6.50. The van der Waals surface area contributed by atoms with E-state index in [1.54, 1.807) is 42.2 Å². The summed E-state index contributed by atoms with van der Waals surface area (Å²) in [5, 5.41) is 9.74. The maximum Gasteiger partial charge on any atom is 0.261 e. The standard InChI is InChI=1S/C25H35N3O7S2/c1-17-6-9-22(10-7-17)37(33,34)26-21-8-11-23-20(12-21)13-25(30)28(19(3)16-29)14-18(2)24(35-23)15-27(4)36(5,31)32/h6-12,18-19,24,26,29H,13-16H2,1-5H3/t18-,19+,24-/m1/s1. The number of carbonyl (C=O) groups is 1. The Balaban J connectivity index is 1.99. The van der Waals surface area contributed by atoms with Crippen molar-refractivity contribution in [2.45, 2.75) is 44.2 Å². The summed E-state index contributed by atoms with van der Waals surface area (Å²) in [5.41, 5.74) is 1.64. The number of aryl methyl sites for hydroxylation is 1. The number of benzene rings is 2. The molecule has 0 saturated heterocycles. The molecule has 0 unspecified atom stereocenters. The van der Waals surface area contributed by atoms with Crippen LogP contribution in [0.2, 0.25) is 0 Å². The highest BCUT2D eigenvalue weighted by Gasteiger charge is 2.32. The van der Waals surface area contributed by atoms with E-state index in [2.05, 4.69) is 4.72 Å². The first-order valence-corrected chi connectivity index (χ1v) is 15.2. The monoisotopic (exact) mass is 553 g/mol. The van der Waals surface area contributed by atoms with E-state index < -0.39 is 32.2 Å². The van der Waals surface area contributed by atoms with E-state index in [1.807, 2.05) is 13.8 Å². The summed E-state index contributed by atoms with van der Waals surface area (Å²) in [4.78, 5) is 14.9. The molecule has 3 atom stereocenters. The number of amides is 1. The van der Waals surface area contributed by atoms with Crippen LogP contribution in [-0.2, 0) is 31.3 Å². The van der Waals surface area contributed by atoms with Gasteiger partial charge in [0.2, 0.25) is 15.9 Å². The van der Waals surface area contributed by atoms with E-state index in [1.165, 1.54) is 23.5 Å². The summed E-state index contributed by atoms with van der Waals surface area (Å²) < 4.78 is 60.0. The normalized spacial score (nSPS) is 19.9. The smallest absolute Gasteiger partial charge is 0.261 e. The summed E-state index contributed by atoms with van der Waals surface area (Å²) in [6, 6.07) is 10.7. The van der Waals surface area contributed by atoms with E-state index in [9.17, 15) is 26.7 Å². The number of aliphatic hydroxyl groups is 1. The van der Waals surface area contributed by atoms with E-state index in [4.69, 9.17) is 4.74 Å². The second kappa shape index (κ2) is 11.4. The summed E-state index contributed by atoms with van der Waals surface area (Å²) >= 11 is 0. The van der Waals surface area contributed by atoms with Gasteiger partial charge < -0.3 is 14.7 Å². The van der Waals surface area contributed by atoms with Gasteiger partial charge in [-0.25, -0.2) is 21.1 Å². The number of anilines is 1. The zero-order valence-electron chi connectivity index (χ0n) is 21.7. The molecule has 0 bridgehead atoms. The second-order valence-electron chi connectivity index (χ2n) is 9.67. The van der Waals surface area contributed by atoms with Gasteiger partial charge in [-0.3, -0.25) is 9.52 Å². The van der Waals surface area contributed by atoms with Gasteiger partial charge in [0.05, 0.1) is 36.8 Å². The van der Waals surface area contributed by atoms with Crippen molar-refractivity contribution in [1.29, 1.82) is 0 Å². The van der Waals surface area contributed by atoms with Crippen molar-refractivity contribution in [1.82, 2.24) is 9.21 Å². The number of fused-ring (bicyclic) bond motifs is 1. The predicted octanol–water partition coefficient (Wildman–Crippen LogP) is 1.84. The van der Waals surface area contributed by atoms with Crippen molar-refractivity contribution in [2.75, 3.05) is 37.7 Å². The van der Waals surface area contributed by atoms with Gasteiger partial charge in [0.25, 0.3) is 10.0 Å². The predicted molar refractivity (Wildman–Crippen MR) is 141 cm³/mol.